The SMILES string of the molecule is c1ccc(-c2ccc(-c3ccc(N4c5ccccc5B5c6cc7ccc(-c8ccc(-c9ccc(-c%10ccc(N%11c%12ccccc%12B%12c%13ccccc%13N(c%13ccc(-c%14ccc(-c%15ccccc%15)c%15ccccc%14%15)cc%13)c%13cccc%11c%13%12)cc%10)c%10ccccc9%10)cc8)cc7cc6Oc6cccc4c65)cc3)c3ccccc23)cc1. The Morgan fingerprint density at radius 1 is 0.179 bits per heavy atom. The number of anilines is 9. The summed E-state index contributed by atoms with van der Waals surface area (Å²) in [7, 11) is 0. The number of para-hydroxylation sites is 3. The molecule has 0 fully saturated rings. The molecule has 0 aliphatic carbocycles. The Balaban J connectivity index is 0.525. The van der Waals surface area contributed by atoms with Gasteiger partial charge in [-0.15, -0.1) is 0 Å². The lowest BCUT2D eigenvalue weighted by molar-refractivity contribution is 0.488. The molecule has 0 bridgehead atoms. The van der Waals surface area contributed by atoms with Crippen molar-refractivity contribution in [2.75, 3.05) is 14.7 Å². The fraction of sp³-hybridized carbons (Fsp3) is 0. The summed E-state index contributed by atoms with van der Waals surface area (Å²) in [5.74, 6) is 1.79. The average Bonchev–Trinajstić information content (AvgIpc) is 0.706. The lowest BCUT2D eigenvalue weighted by atomic mass is 9.33. The summed E-state index contributed by atoms with van der Waals surface area (Å²) >= 11 is 0. The lowest BCUT2D eigenvalue weighted by Crippen LogP contribution is -2.61. The van der Waals surface area contributed by atoms with Crippen molar-refractivity contribution < 1.29 is 4.74 Å². The molecule has 6 heteroatoms. The monoisotopic (exact) mass is 1420 g/mol. The van der Waals surface area contributed by atoms with Gasteiger partial charge in [0.15, 0.2) is 0 Å². The molecule has 4 nitrogen and oxygen atoms in total. The van der Waals surface area contributed by atoms with Crippen LogP contribution >= 0.6 is 0 Å². The van der Waals surface area contributed by atoms with E-state index in [2.05, 4.69) is 421 Å². The number of benzene rings is 19. The maximum Gasteiger partial charge on any atom is 0.256 e. The molecule has 518 valence electrons. The van der Waals surface area contributed by atoms with E-state index in [4.69, 9.17) is 4.74 Å². The zero-order valence-electron chi connectivity index (χ0n) is 61.1. The standard InChI is InChI=1S/C106H67B2N3O/c1-3-21-69(22-4-1)81-59-61-84(90-28-9-7-25-87(81)90)72-47-53-78(54-48-72)109-97-34-16-13-31-93(97)107-94-32-14-17-35-98(94)110(101-38-19-37-100(109)105(101)107)79-55-49-73(50-56-79)86-64-63-83(89-27-11-12-30-92(86)89)71-43-41-68(42-44-71)75-45-46-76-66-96-104(67-77(76)65-75)112-103-40-20-39-102-106(103)108(96)95-33-15-18-36-99(95)111(102)80-57-51-74(52-58-80)85-62-60-82(70-23-5-2-6-24-70)88-26-8-10-29-91(85)88/h1-67H. The van der Waals surface area contributed by atoms with Crippen molar-refractivity contribution in [3.63, 3.8) is 0 Å². The average molecular weight is 1420 g/mol. The first-order chi connectivity index (χ1) is 55.6. The van der Waals surface area contributed by atoms with Gasteiger partial charge in [0.05, 0.1) is 0 Å². The molecule has 0 saturated carbocycles. The van der Waals surface area contributed by atoms with E-state index >= 15 is 0 Å². The topological polar surface area (TPSA) is 19.0 Å². The molecule has 0 saturated heterocycles. The molecule has 0 radical (unpaired) electrons. The number of hydrogen-bond acceptors (Lipinski definition) is 4. The summed E-state index contributed by atoms with van der Waals surface area (Å²) < 4.78 is 7.06. The summed E-state index contributed by atoms with van der Waals surface area (Å²) in [6.07, 6.45) is 0. The zero-order valence-corrected chi connectivity index (χ0v) is 61.1. The number of nitrogens with zero attached hydrogens (tertiary/aromatic N) is 3. The fourth-order valence-corrected chi connectivity index (χ4v) is 19.1. The first-order valence-corrected chi connectivity index (χ1v) is 38.8. The van der Waals surface area contributed by atoms with Crippen LogP contribution in [0.4, 0.5) is 51.2 Å². The lowest BCUT2D eigenvalue weighted by Gasteiger charge is -2.44. The van der Waals surface area contributed by atoms with Crippen LogP contribution in [0.15, 0.2) is 406 Å². The van der Waals surface area contributed by atoms with E-state index in [1.54, 1.807) is 0 Å². The van der Waals surface area contributed by atoms with Gasteiger partial charge in [-0.3, -0.25) is 0 Å². The van der Waals surface area contributed by atoms with Crippen molar-refractivity contribution in [3.8, 4) is 89.4 Å². The van der Waals surface area contributed by atoms with E-state index in [0.717, 1.165) is 50.8 Å². The van der Waals surface area contributed by atoms with Crippen LogP contribution in [-0.4, -0.2) is 13.4 Å². The molecule has 19 aromatic carbocycles. The molecule has 19 aromatic rings. The van der Waals surface area contributed by atoms with E-state index in [1.807, 2.05) is 0 Å². The van der Waals surface area contributed by atoms with E-state index in [9.17, 15) is 0 Å². The summed E-state index contributed by atoms with van der Waals surface area (Å²) in [4.78, 5) is 7.40. The van der Waals surface area contributed by atoms with Crippen LogP contribution in [0.2, 0.25) is 0 Å². The third kappa shape index (κ3) is 10.0. The van der Waals surface area contributed by atoms with Gasteiger partial charge in [0, 0.05) is 51.2 Å². The third-order valence-electron chi connectivity index (χ3n) is 24.1. The van der Waals surface area contributed by atoms with Crippen molar-refractivity contribution in [2.45, 2.75) is 0 Å². The second kappa shape index (κ2) is 25.6. The number of hydrogen-bond donors (Lipinski definition) is 0. The third-order valence-corrected chi connectivity index (χ3v) is 24.1. The molecule has 0 N–H and O–H groups in total. The highest BCUT2D eigenvalue weighted by atomic mass is 16.5. The highest BCUT2D eigenvalue weighted by molar-refractivity contribution is 7.00. The minimum atomic E-state index is -0.00891. The van der Waals surface area contributed by atoms with Crippen molar-refractivity contribution in [1.29, 1.82) is 0 Å². The Labute approximate surface area is 651 Å². The first-order valence-electron chi connectivity index (χ1n) is 38.8. The van der Waals surface area contributed by atoms with Gasteiger partial charge in [-0.2, -0.15) is 0 Å². The zero-order chi connectivity index (χ0) is 73.5. The Hall–Kier alpha value is -14.5. The van der Waals surface area contributed by atoms with Gasteiger partial charge < -0.3 is 19.4 Å². The molecule has 23 rings (SSSR count). The van der Waals surface area contributed by atoms with Crippen LogP contribution in [0.5, 0.6) is 11.5 Å². The summed E-state index contributed by atoms with van der Waals surface area (Å²) in [5.41, 5.74) is 34.8. The van der Waals surface area contributed by atoms with Gasteiger partial charge >= 0.3 is 0 Å². The van der Waals surface area contributed by atoms with Crippen LogP contribution in [-0.2, 0) is 0 Å². The van der Waals surface area contributed by atoms with E-state index in [0.29, 0.717) is 0 Å². The van der Waals surface area contributed by atoms with E-state index < -0.39 is 0 Å². The Morgan fingerprint density at radius 2 is 0.482 bits per heavy atom. The van der Waals surface area contributed by atoms with Crippen molar-refractivity contribution >= 4 is 140 Å². The van der Waals surface area contributed by atoms with Crippen LogP contribution < -0.4 is 52.2 Å². The predicted molar refractivity (Wildman–Crippen MR) is 474 cm³/mol. The molecule has 0 spiro atoms. The van der Waals surface area contributed by atoms with Gasteiger partial charge in [-0.05, 0) is 245 Å². The van der Waals surface area contributed by atoms with Gasteiger partial charge in [0.2, 0.25) is 0 Å². The Morgan fingerprint density at radius 3 is 0.884 bits per heavy atom. The fourth-order valence-electron chi connectivity index (χ4n) is 19.1. The van der Waals surface area contributed by atoms with E-state index in [-0.39, 0.29) is 13.4 Å². The smallest absolute Gasteiger partial charge is 0.256 e. The van der Waals surface area contributed by atoms with Crippen LogP contribution in [0, 0.1) is 0 Å². The number of rotatable bonds is 10. The quantitative estimate of drug-likeness (QED) is 0.127. The molecular formula is C106H67B2N3O. The molecule has 4 heterocycles. The Kier molecular flexibility index (Phi) is 14.5. The second-order valence-corrected chi connectivity index (χ2v) is 30.1. The van der Waals surface area contributed by atoms with Gasteiger partial charge in [0.25, 0.3) is 13.4 Å². The molecule has 112 heavy (non-hydrogen) atoms. The van der Waals surface area contributed by atoms with Crippen LogP contribution in [0.3, 0.4) is 0 Å². The molecule has 0 atom stereocenters. The summed E-state index contributed by atoms with van der Waals surface area (Å²) in [6, 6.07) is 150. The molecule has 4 aliphatic heterocycles. The van der Waals surface area contributed by atoms with Crippen LogP contribution in [0.25, 0.3) is 121 Å². The number of ether oxygens (including phenoxy) is 1. The normalized spacial score (nSPS) is 12.8. The van der Waals surface area contributed by atoms with Crippen molar-refractivity contribution in [1.82, 2.24) is 0 Å². The molecule has 0 aromatic heterocycles. The molecule has 0 unspecified atom stereocenters. The Bertz CT molecular complexity index is 7040. The summed E-state index contributed by atoms with van der Waals surface area (Å²) in [5, 5.41) is 9.75. The largest absolute Gasteiger partial charge is 0.458 e. The summed E-state index contributed by atoms with van der Waals surface area (Å²) in [6.45, 7) is 0.0384. The second-order valence-electron chi connectivity index (χ2n) is 30.1. The van der Waals surface area contributed by atoms with Crippen molar-refractivity contribution in [3.05, 3.63) is 406 Å². The molecular weight excluding hydrogens is 1350 g/mol. The van der Waals surface area contributed by atoms with Gasteiger partial charge in [-0.1, -0.05) is 315 Å². The minimum Gasteiger partial charge on any atom is -0.458 e. The number of fused-ring (bicyclic) bond motifs is 12. The first kappa shape index (κ1) is 63.6. The van der Waals surface area contributed by atoms with Crippen LogP contribution in [0.1, 0.15) is 0 Å². The van der Waals surface area contributed by atoms with Gasteiger partial charge in [-0.25, -0.2) is 0 Å². The van der Waals surface area contributed by atoms with Gasteiger partial charge in [0.1, 0.15) is 11.5 Å². The maximum atomic E-state index is 7.06. The van der Waals surface area contributed by atoms with E-state index in [1.165, 1.54) is 166 Å². The molecule has 4 aliphatic rings. The predicted octanol–water partition coefficient (Wildman–Crippen LogP) is 24.5. The highest BCUT2D eigenvalue weighted by Gasteiger charge is 2.44. The minimum absolute atomic E-state index is 0.00891. The highest BCUT2D eigenvalue weighted by Crippen LogP contribution is 2.49. The maximum absolute atomic E-state index is 7.06. The van der Waals surface area contributed by atoms with Crippen molar-refractivity contribution in [2.24, 2.45) is 0 Å². The molecule has 0 amide bonds.